The van der Waals surface area contributed by atoms with E-state index in [0.29, 0.717) is 19.4 Å². The van der Waals surface area contributed by atoms with Gasteiger partial charge in [0.15, 0.2) is 0 Å². The second-order valence-electron chi connectivity index (χ2n) is 5.50. The van der Waals surface area contributed by atoms with Crippen molar-refractivity contribution in [2.75, 3.05) is 12.3 Å². The minimum absolute atomic E-state index is 0.0784. The zero-order chi connectivity index (χ0) is 15.3. The second-order valence-corrected chi connectivity index (χ2v) is 5.81. The summed E-state index contributed by atoms with van der Waals surface area (Å²) in [6.45, 7) is 4.46. The molecule has 20 heavy (non-hydrogen) atoms. The predicted molar refractivity (Wildman–Crippen MR) is 79.2 cm³/mol. The van der Waals surface area contributed by atoms with Crippen molar-refractivity contribution < 1.29 is 14.4 Å². The van der Waals surface area contributed by atoms with E-state index in [1.54, 1.807) is 0 Å². The van der Waals surface area contributed by atoms with Crippen LogP contribution in [0.2, 0.25) is 0 Å². The van der Waals surface area contributed by atoms with E-state index in [1.165, 1.54) is 4.90 Å². The fraction of sp³-hybridized carbons (Fsp3) is 0.769. The van der Waals surface area contributed by atoms with Gasteiger partial charge in [-0.1, -0.05) is 13.8 Å². The van der Waals surface area contributed by atoms with Crippen molar-refractivity contribution in [3.05, 3.63) is 0 Å². The molecule has 0 spiro atoms. The second kappa shape index (κ2) is 7.52. The van der Waals surface area contributed by atoms with Gasteiger partial charge in [0.2, 0.25) is 17.7 Å². The first-order valence-corrected chi connectivity index (χ1v) is 7.50. The lowest BCUT2D eigenvalue weighted by molar-refractivity contribution is -0.137. The van der Waals surface area contributed by atoms with E-state index in [9.17, 15) is 14.4 Å². The fourth-order valence-corrected chi connectivity index (χ4v) is 2.60. The summed E-state index contributed by atoms with van der Waals surface area (Å²) >= 11 is 3.95. The lowest BCUT2D eigenvalue weighted by Gasteiger charge is -2.25. The first kappa shape index (κ1) is 16.8. The Balaban J connectivity index is 2.68. The fourth-order valence-electron chi connectivity index (χ4n) is 2.41. The highest BCUT2D eigenvalue weighted by Crippen LogP contribution is 2.18. The van der Waals surface area contributed by atoms with Crippen LogP contribution in [-0.4, -0.2) is 47.0 Å². The number of nitrogens with one attached hydrogen (secondary N) is 1. The van der Waals surface area contributed by atoms with Crippen molar-refractivity contribution in [1.29, 1.82) is 0 Å². The third kappa shape index (κ3) is 4.40. The Hall–Kier alpha value is -1.24. The highest BCUT2D eigenvalue weighted by molar-refractivity contribution is 7.81. The average molecular weight is 301 g/mol. The molecule has 0 saturated carbocycles. The summed E-state index contributed by atoms with van der Waals surface area (Å²) in [6.07, 6.45) is 1.88. The number of carbonyl (C=O) groups is 3. The van der Waals surface area contributed by atoms with Crippen molar-refractivity contribution in [3.8, 4) is 0 Å². The van der Waals surface area contributed by atoms with Gasteiger partial charge in [0.05, 0.1) is 5.75 Å². The standard InChI is InChI=1S/C13H23N3O3S/c1-8(2)6-9(12(14)18)15-13(19)10-4-3-5-16(10)11(17)7-20/h8-10,20H,3-7H2,1-2H3,(H2,14,18)(H,15,19)/t9-,10-/m0/s1. The molecule has 1 heterocycles. The summed E-state index contributed by atoms with van der Waals surface area (Å²) in [7, 11) is 0. The van der Waals surface area contributed by atoms with E-state index in [-0.39, 0.29) is 23.5 Å². The Morgan fingerprint density at radius 1 is 1.40 bits per heavy atom. The molecule has 0 radical (unpaired) electrons. The van der Waals surface area contributed by atoms with Crippen LogP contribution in [0, 0.1) is 5.92 Å². The van der Waals surface area contributed by atoms with Gasteiger partial charge in [-0.25, -0.2) is 0 Å². The summed E-state index contributed by atoms with van der Waals surface area (Å²) in [5.41, 5.74) is 5.31. The van der Waals surface area contributed by atoms with E-state index in [4.69, 9.17) is 5.73 Å². The molecule has 1 saturated heterocycles. The molecule has 3 N–H and O–H groups in total. The van der Waals surface area contributed by atoms with Crippen molar-refractivity contribution in [3.63, 3.8) is 0 Å². The van der Waals surface area contributed by atoms with E-state index >= 15 is 0 Å². The summed E-state index contributed by atoms with van der Waals surface area (Å²) in [5, 5.41) is 2.67. The van der Waals surface area contributed by atoms with Crippen LogP contribution in [0.1, 0.15) is 33.1 Å². The number of hydrogen-bond donors (Lipinski definition) is 3. The van der Waals surface area contributed by atoms with Gasteiger partial charge in [0.25, 0.3) is 0 Å². The zero-order valence-corrected chi connectivity index (χ0v) is 12.9. The molecule has 3 amide bonds. The van der Waals surface area contributed by atoms with Crippen LogP contribution >= 0.6 is 12.6 Å². The van der Waals surface area contributed by atoms with Crippen molar-refractivity contribution in [2.24, 2.45) is 11.7 Å². The van der Waals surface area contributed by atoms with Gasteiger partial charge in [-0.15, -0.1) is 0 Å². The monoisotopic (exact) mass is 301 g/mol. The Morgan fingerprint density at radius 2 is 2.05 bits per heavy atom. The molecule has 0 unspecified atom stereocenters. The zero-order valence-electron chi connectivity index (χ0n) is 12.0. The first-order chi connectivity index (χ1) is 9.36. The van der Waals surface area contributed by atoms with Crippen molar-refractivity contribution >= 4 is 30.4 Å². The number of hydrogen-bond acceptors (Lipinski definition) is 4. The molecule has 2 atom stereocenters. The van der Waals surface area contributed by atoms with Gasteiger partial charge >= 0.3 is 0 Å². The molecule has 0 bridgehead atoms. The molecule has 0 aromatic carbocycles. The molecule has 114 valence electrons. The molecule has 0 aromatic heterocycles. The lowest BCUT2D eigenvalue weighted by atomic mass is 10.0. The Morgan fingerprint density at radius 3 is 2.55 bits per heavy atom. The van der Waals surface area contributed by atoms with Gasteiger partial charge < -0.3 is 16.0 Å². The van der Waals surface area contributed by atoms with E-state index in [2.05, 4.69) is 17.9 Å². The maximum Gasteiger partial charge on any atom is 0.243 e. The number of carbonyl (C=O) groups excluding carboxylic acids is 3. The molecular weight excluding hydrogens is 278 g/mol. The highest BCUT2D eigenvalue weighted by Gasteiger charge is 2.34. The number of thiol groups is 1. The molecule has 0 aromatic rings. The highest BCUT2D eigenvalue weighted by atomic mass is 32.1. The smallest absolute Gasteiger partial charge is 0.243 e. The predicted octanol–water partition coefficient (Wildman–Crippen LogP) is -0.0766. The number of primary amides is 1. The van der Waals surface area contributed by atoms with Gasteiger partial charge in [-0.2, -0.15) is 12.6 Å². The van der Waals surface area contributed by atoms with Crippen LogP contribution in [0.15, 0.2) is 0 Å². The average Bonchev–Trinajstić information content (AvgIpc) is 2.85. The molecule has 7 heteroatoms. The largest absolute Gasteiger partial charge is 0.368 e. The van der Waals surface area contributed by atoms with Gasteiger partial charge in [0, 0.05) is 6.54 Å². The van der Waals surface area contributed by atoms with Crippen LogP contribution < -0.4 is 11.1 Å². The van der Waals surface area contributed by atoms with Gasteiger partial charge in [-0.3, -0.25) is 14.4 Å². The molecule has 0 aliphatic carbocycles. The minimum Gasteiger partial charge on any atom is -0.368 e. The van der Waals surface area contributed by atoms with Gasteiger partial charge in [0.1, 0.15) is 12.1 Å². The Labute approximate surface area is 124 Å². The third-order valence-corrected chi connectivity index (χ3v) is 3.65. The number of rotatable bonds is 6. The maximum atomic E-state index is 12.2. The lowest BCUT2D eigenvalue weighted by Crippen LogP contribution is -2.52. The quantitative estimate of drug-likeness (QED) is 0.599. The molecule has 1 aliphatic heterocycles. The SMILES string of the molecule is CC(C)C[C@H](NC(=O)[C@@H]1CCCN1C(=O)CS)C(N)=O. The molecule has 6 nitrogen and oxygen atoms in total. The molecule has 1 aliphatic rings. The number of nitrogens with two attached hydrogens (primary N) is 1. The molecular formula is C13H23N3O3S. The summed E-state index contributed by atoms with van der Waals surface area (Å²) in [4.78, 5) is 36.8. The molecule has 1 rings (SSSR count). The van der Waals surface area contributed by atoms with Crippen LogP contribution in [0.5, 0.6) is 0 Å². The summed E-state index contributed by atoms with van der Waals surface area (Å²) in [5.74, 6) is -0.689. The normalized spacial score (nSPS) is 20.0. The topological polar surface area (TPSA) is 92.5 Å². The third-order valence-electron chi connectivity index (χ3n) is 3.38. The summed E-state index contributed by atoms with van der Waals surface area (Å²) < 4.78 is 0. The van der Waals surface area contributed by atoms with E-state index in [1.807, 2.05) is 13.8 Å². The Bertz CT molecular complexity index is 387. The number of nitrogens with zero attached hydrogens (tertiary/aromatic N) is 1. The minimum atomic E-state index is -0.684. The van der Waals surface area contributed by atoms with Crippen molar-refractivity contribution in [1.82, 2.24) is 10.2 Å². The maximum absolute atomic E-state index is 12.2. The van der Waals surface area contributed by atoms with Crippen LogP contribution in [-0.2, 0) is 14.4 Å². The first-order valence-electron chi connectivity index (χ1n) is 6.86. The number of amides is 3. The number of likely N-dealkylation sites (tertiary alicyclic amines) is 1. The van der Waals surface area contributed by atoms with Gasteiger partial charge in [-0.05, 0) is 25.2 Å². The van der Waals surface area contributed by atoms with Crippen molar-refractivity contribution in [2.45, 2.75) is 45.2 Å². The van der Waals surface area contributed by atoms with Crippen LogP contribution in [0.25, 0.3) is 0 Å². The Kier molecular flexibility index (Phi) is 6.32. The van der Waals surface area contributed by atoms with Crippen LogP contribution in [0.4, 0.5) is 0 Å². The van der Waals surface area contributed by atoms with Crippen LogP contribution in [0.3, 0.4) is 0 Å². The summed E-state index contributed by atoms with van der Waals surface area (Å²) in [6, 6.07) is -1.19. The molecule has 1 fully saturated rings. The van der Waals surface area contributed by atoms with E-state index < -0.39 is 18.0 Å². The van der Waals surface area contributed by atoms with E-state index in [0.717, 1.165) is 6.42 Å².